The molecule has 12 heavy (non-hydrogen) atoms. The third-order valence-electron chi connectivity index (χ3n) is 1.48. The fourth-order valence-electron chi connectivity index (χ4n) is 0.912. The van der Waals surface area contributed by atoms with Crippen molar-refractivity contribution in [1.29, 1.82) is 0 Å². The highest BCUT2D eigenvalue weighted by molar-refractivity contribution is 6.30. The zero-order chi connectivity index (χ0) is 8.97. The molecule has 0 radical (unpaired) electrons. The van der Waals surface area contributed by atoms with E-state index in [1.54, 1.807) is 18.3 Å². The maximum Gasteiger partial charge on any atom is 0.181 e. The molecular weight excluding hydrogens is 174 g/mol. The van der Waals surface area contributed by atoms with E-state index < -0.39 is 0 Å². The van der Waals surface area contributed by atoms with Gasteiger partial charge in [0.1, 0.15) is 5.69 Å². The van der Waals surface area contributed by atoms with Gasteiger partial charge in [-0.1, -0.05) is 18.5 Å². The zero-order valence-electron chi connectivity index (χ0n) is 6.88. The summed E-state index contributed by atoms with van der Waals surface area (Å²) in [6.07, 6.45) is 2.92. The molecule has 3 heteroatoms. The van der Waals surface area contributed by atoms with Crippen LogP contribution in [0.5, 0.6) is 0 Å². The maximum absolute atomic E-state index is 11.3. The second-order valence-electron chi connectivity index (χ2n) is 2.53. The number of hydrogen-bond acceptors (Lipinski definition) is 2. The molecule has 0 amide bonds. The van der Waals surface area contributed by atoms with Crippen molar-refractivity contribution in [2.75, 3.05) is 0 Å². The predicted molar refractivity (Wildman–Crippen MR) is 48.5 cm³/mol. The standard InChI is InChI=1S/C9H10ClNO/c1-2-3-9(12)8-6-7(10)4-5-11-8/h4-6H,2-3H2,1H3. The minimum atomic E-state index is 0.0556. The number of rotatable bonds is 3. The lowest BCUT2D eigenvalue weighted by molar-refractivity contribution is 0.0977. The summed E-state index contributed by atoms with van der Waals surface area (Å²) in [6.45, 7) is 1.96. The zero-order valence-corrected chi connectivity index (χ0v) is 7.64. The number of Topliss-reactive ketones (excluding diaryl/α,β-unsaturated/α-hetero) is 1. The van der Waals surface area contributed by atoms with Crippen LogP contribution in [0.25, 0.3) is 0 Å². The van der Waals surface area contributed by atoms with Gasteiger partial charge in [-0.3, -0.25) is 9.78 Å². The van der Waals surface area contributed by atoms with Gasteiger partial charge in [-0.25, -0.2) is 0 Å². The van der Waals surface area contributed by atoms with E-state index in [9.17, 15) is 4.79 Å². The summed E-state index contributed by atoms with van der Waals surface area (Å²) in [5.74, 6) is 0.0556. The molecule has 0 aliphatic heterocycles. The molecule has 0 N–H and O–H groups in total. The molecule has 2 nitrogen and oxygen atoms in total. The SMILES string of the molecule is CCCC(=O)c1cc(Cl)ccn1. The third kappa shape index (κ3) is 2.31. The van der Waals surface area contributed by atoms with Crippen LogP contribution in [0.1, 0.15) is 30.3 Å². The number of carbonyl (C=O) groups excluding carboxylic acids is 1. The van der Waals surface area contributed by atoms with E-state index in [1.165, 1.54) is 0 Å². The Bertz CT molecular complexity index is 286. The van der Waals surface area contributed by atoms with Gasteiger partial charge in [0.25, 0.3) is 0 Å². The van der Waals surface area contributed by atoms with Crippen molar-refractivity contribution in [1.82, 2.24) is 4.98 Å². The smallest absolute Gasteiger partial charge is 0.181 e. The van der Waals surface area contributed by atoms with Crippen LogP contribution in [0, 0.1) is 0 Å². The van der Waals surface area contributed by atoms with Gasteiger partial charge in [0.15, 0.2) is 5.78 Å². The van der Waals surface area contributed by atoms with Crippen LogP contribution in [-0.4, -0.2) is 10.8 Å². The van der Waals surface area contributed by atoms with E-state index in [1.807, 2.05) is 6.92 Å². The molecule has 0 fully saturated rings. The Kier molecular flexibility index (Phi) is 3.23. The first-order valence-corrected chi connectivity index (χ1v) is 4.26. The Hall–Kier alpha value is -0.890. The predicted octanol–water partition coefficient (Wildman–Crippen LogP) is 2.72. The lowest BCUT2D eigenvalue weighted by atomic mass is 10.2. The van der Waals surface area contributed by atoms with Gasteiger partial charge < -0.3 is 0 Å². The number of hydrogen-bond donors (Lipinski definition) is 0. The Morgan fingerprint density at radius 3 is 3.00 bits per heavy atom. The summed E-state index contributed by atoms with van der Waals surface area (Å²) >= 11 is 5.70. The van der Waals surface area contributed by atoms with Crippen LogP contribution in [0.4, 0.5) is 0 Å². The molecule has 1 heterocycles. The number of halogens is 1. The van der Waals surface area contributed by atoms with E-state index >= 15 is 0 Å². The topological polar surface area (TPSA) is 30.0 Å². The number of pyridine rings is 1. The molecule has 0 aliphatic rings. The number of ketones is 1. The fraction of sp³-hybridized carbons (Fsp3) is 0.333. The summed E-state index contributed by atoms with van der Waals surface area (Å²) in [4.78, 5) is 15.2. The summed E-state index contributed by atoms with van der Waals surface area (Å²) in [6, 6.07) is 3.25. The molecule has 64 valence electrons. The van der Waals surface area contributed by atoms with Gasteiger partial charge in [-0.05, 0) is 18.6 Å². The lowest BCUT2D eigenvalue weighted by Gasteiger charge is -1.97. The molecule has 1 aromatic rings. The Labute approximate surface area is 76.6 Å². The van der Waals surface area contributed by atoms with Crippen molar-refractivity contribution in [2.24, 2.45) is 0 Å². The molecule has 0 atom stereocenters. The van der Waals surface area contributed by atoms with Gasteiger partial charge in [-0.15, -0.1) is 0 Å². The second-order valence-corrected chi connectivity index (χ2v) is 2.97. The summed E-state index contributed by atoms with van der Waals surface area (Å²) in [7, 11) is 0. The minimum absolute atomic E-state index is 0.0556. The summed E-state index contributed by atoms with van der Waals surface area (Å²) < 4.78 is 0. The minimum Gasteiger partial charge on any atom is -0.292 e. The van der Waals surface area contributed by atoms with Crippen LogP contribution >= 0.6 is 11.6 Å². The normalized spacial score (nSPS) is 9.83. The molecule has 1 rings (SSSR count). The Morgan fingerprint density at radius 1 is 1.67 bits per heavy atom. The highest BCUT2D eigenvalue weighted by Crippen LogP contribution is 2.09. The first-order chi connectivity index (χ1) is 5.74. The third-order valence-corrected chi connectivity index (χ3v) is 1.72. The van der Waals surface area contributed by atoms with Crippen molar-refractivity contribution in [3.05, 3.63) is 29.0 Å². The van der Waals surface area contributed by atoms with Crippen LogP contribution in [0.3, 0.4) is 0 Å². The van der Waals surface area contributed by atoms with Crippen LogP contribution < -0.4 is 0 Å². The average molecular weight is 184 g/mol. The highest BCUT2D eigenvalue weighted by Gasteiger charge is 2.05. The van der Waals surface area contributed by atoms with Crippen LogP contribution in [0.2, 0.25) is 5.02 Å². The molecule has 1 aromatic heterocycles. The van der Waals surface area contributed by atoms with Crippen molar-refractivity contribution in [3.8, 4) is 0 Å². The molecule has 0 spiro atoms. The summed E-state index contributed by atoms with van der Waals surface area (Å²) in [5.41, 5.74) is 0.462. The van der Waals surface area contributed by atoms with Gasteiger partial charge in [0.2, 0.25) is 0 Å². The van der Waals surface area contributed by atoms with E-state index in [0.29, 0.717) is 17.1 Å². The monoisotopic (exact) mass is 183 g/mol. The number of aromatic nitrogens is 1. The first kappa shape index (κ1) is 9.20. The quantitative estimate of drug-likeness (QED) is 0.675. The van der Waals surface area contributed by atoms with Crippen molar-refractivity contribution < 1.29 is 4.79 Å². The van der Waals surface area contributed by atoms with Crippen molar-refractivity contribution >= 4 is 17.4 Å². The maximum atomic E-state index is 11.3. The van der Waals surface area contributed by atoms with E-state index in [0.717, 1.165) is 6.42 Å². The van der Waals surface area contributed by atoms with Gasteiger partial charge in [-0.2, -0.15) is 0 Å². The van der Waals surface area contributed by atoms with Crippen molar-refractivity contribution in [3.63, 3.8) is 0 Å². The molecule has 0 unspecified atom stereocenters. The summed E-state index contributed by atoms with van der Waals surface area (Å²) in [5, 5.41) is 0.560. The van der Waals surface area contributed by atoms with E-state index in [2.05, 4.69) is 4.98 Å². The molecule has 0 saturated heterocycles. The van der Waals surface area contributed by atoms with Crippen LogP contribution in [0.15, 0.2) is 18.3 Å². The van der Waals surface area contributed by atoms with Crippen molar-refractivity contribution in [2.45, 2.75) is 19.8 Å². The Morgan fingerprint density at radius 2 is 2.42 bits per heavy atom. The van der Waals surface area contributed by atoms with E-state index in [4.69, 9.17) is 11.6 Å². The molecule has 0 saturated carbocycles. The lowest BCUT2D eigenvalue weighted by Crippen LogP contribution is -2.00. The van der Waals surface area contributed by atoms with Gasteiger partial charge in [0, 0.05) is 17.6 Å². The van der Waals surface area contributed by atoms with E-state index in [-0.39, 0.29) is 5.78 Å². The largest absolute Gasteiger partial charge is 0.292 e. The second kappa shape index (κ2) is 4.21. The first-order valence-electron chi connectivity index (χ1n) is 3.88. The molecule has 0 bridgehead atoms. The number of nitrogens with zero attached hydrogens (tertiary/aromatic N) is 1. The van der Waals surface area contributed by atoms with Gasteiger partial charge in [0.05, 0.1) is 0 Å². The Balaban J connectivity index is 2.81. The van der Waals surface area contributed by atoms with Crippen LogP contribution in [-0.2, 0) is 0 Å². The fourth-order valence-corrected chi connectivity index (χ4v) is 1.07. The average Bonchev–Trinajstić information content (AvgIpc) is 2.05. The molecular formula is C9H10ClNO. The molecule has 0 aliphatic carbocycles. The number of carbonyl (C=O) groups is 1. The van der Waals surface area contributed by atoms with Gasteiger partial charge >= 0.3 is 0 Å². The molecule has 0 aromatic carbocycles. The highest BCUT2D eigenvalue weighted by atomic mass is 35.5.